The number of carboxylic acids is 2. The Balaban J connectivity index is 1.68. The van der Waals surface area contributed by atoms with Crippen molar-refractivity contribution in [2.45, 2.75) is 153 Å². The summed E-state index contributed by atoms with van der Waals surface area (Å²) in [4.78, 5) is 26.1. The first-order chi connectivity index (χ1) is 44.0. The maximum atomic E-state index is 13.1. The number of carboxylic acid groups (broad SMARTS) is 2. The molecule has 0 amide bonds. The number of ether oxygens (including phenoxy) is 9. The minimum absolute atomic E-state index is 0.996. The summed E-state index contributed by atoms with van der Waals surface area (Å²) in [5.74, 6) is -5.30. The Labute approximate surface area is 547 Å². The van der Waals surface area contributed by atoms with Gasteiger partial charge in [-0.25, -0.2) is 38.9 Å². The highest BCUT2D eigenvalue weighted by atomic mass is 32.3. The molecule has 0 aromatic carbocycles. The Hall–Kier alpha value is -2.92. The van der Waals surface area contributed by atoms with Gasteiger partial charge in [0.25, 0.3) is 0 Å². The quantitative estimate of drug-likeness (QED) is 0.0271. The summed E-state index contributed by atoms with van der Waals surface area (Å²) in [5.41, 5.74) is 0. The molecular weight excluding hydrogens is 1600 g/mol. The zero-order valence-electron chi connectivity index (χ0n) is 46.3. The highest BCUT2D eigenvalue weighted by Crippen LogP contribution is 2.40. The lowest BCUT2D eigenvalue weighted by Crippen LogP contribution is -2.71. The SMILES string of the molecule is O=C(O)[C@H]1O[C@@H](O[C@H]2[C@H](OS(=O)(=O)O)[C@@H](NS(=O)(=O)O)[C@@H](O[C@H]3[C@H](O)[C@@H](OS(=O)(=O)O)[C@H](O[C@H]4[C@H](OS(=O)(=O)O)[C@@H](NS(=O)(=O)O)C(O)O[C@@H]4COS(=O)(=O)O)O[C@H]3C(=O)O)O[C@@H]2COS(=O)(=O)O)[C@H](O)[C@@H](OS(=O)(=O)O)[C@@H]1O[C@H]1O[C@H](COS(=O)(=O)O)[C@@H](O)[C@H](O)[C@H]1NS(=O)(=O)O. The average molecular weight is 1650 g/mol. The van der Waals surface area contributed by atoms with Gasteiger partial charge in [0.2, 0.25) is 0 Å². The molecule has 68 heteroatoms. The maximum absolute atomic E-state index is 13.1. The number of carbonyl (C=O) groups is 2. The first-order valence-corrected chi connectivity index (χ1v) is 38.3. The van der Waals surface area contributed by atoms with Crippen LogP contribution in [0.1, 0.15) is 0 Å². The molecule has 0 saturated carbocycles. The van der Waals surface area contributed by atoms with E-state index in [1.165, 1.54) is 0 Å². The number of hydrogen-bond donors (Lipinski definition) is 20. The lowest BCUT2D eigenvalue weighted by Gasteiger charge is -2.50. The third-order valence-electron chi connectivity index (χ3n) is 12.6. The van der Waals surface area contributed by atoms with Gasteiger partial charge in [-0.2, -0.15) is 98.3 Å². The van der Waals surface area contributed by atoms with E-state index in [1.54, 1.807) is 0 Å². The van der Waals surface area contributed by atoms with Gasteiger partial charge >= 0.3 is 116 Å². The number of aliphatic carboxylic acids is 2. The fourth-order valence-electron chi connectivity index (χ4n) is 9.27. The molecule has 0 aromatic heterocycles. The van der Waals surface area contributed by atoms with E-state index in [-0.39, 0.29) is 0 Å². The van der Waals surface area contributed by atoms with Crippen molar-refractivity contribution in [3.05, 3.63) is 0 Å². The zero-order chi connectivity index (χ0) is 75.1. The van der Waals surface area contributed by atoms with Gasteiger partial charge in [0.05, 0.1) is 19.8 Å². The number of hydrogen-bond acceptors (Lipinski definition) is 43. The second kappa shape index (κ2) is 31.8. The second-order valence-corrected chi connectivity index (χ2v) is 30.5. The first kappa shape index (κ1) is 85.7. The number of nitrogens with one attached hydrogen (secondary N) is 3. The molecule has 98 heavy (non-hydrogen) atoms. The summed E-state index contributed by atoms with van der Waals surface area (Å²) in [6, 6.07) is -9.17. The van der Waals surface area contributed by atoms with Crippen LogP contribution in [0.25, 0.3) is 0 Å². The van der Waals surface area contributed by atoms with Crippen LogP contribution in [0.3, 0.4) is 0 Å². The van der Waals surface area contributed by atoms with Gasteiger partial charge in [-0.3, -0.25) is 45.5 Å². The minimum Gasteiger partial charge on any atom is -0.479 e. The molecule has 20 N–H and O–H groups in total. The third-order valence-corrected chi connectivity index (χ3v) is 17.5. The van der Waals surface area contributed by atoms with E-state index in [0.717, 1.165) is 14.2 Å². The first-order valence-electron chi connectivity index (χ1n) is 24.5. The highest BCUT2D eigenvalue weighted by molar-refractivity contribution is 7.84. The molecule has 5 aliphatic rings. The van der Waals surface area contributed by atoms with Gasteiger partial charge in [-0.05, 0) is 0 Å². The van der Waals surface area contributed by atoms with Gasteiger partial charge < -0.3 is 78.4 Å². The lowest BCUT2D eigenvalue weighted by molar-refractivity contribution is -0.371. The fraction of sp³-hybridized carbons (Fsp3) is 0.933. The largest absolute Gasteiger partial charge is 0.479 e. The predicted molar refractivity (Wildman–Crippen MR) is 278 cm³/mol. The molecule has 0 spiro atoms. The van der Waals surface area contributed by atoms with E-state index >= 15 is 0 Å². The van der Waals surface area contributed by atoms with Crippen molar-refractivity contribution in [2.75, 3.05) is 19.8 Å². The molecule has 0 aromatic rings. The van der Waals surface area contributed by atoms with Crippen LogP contribution in [0.2, 0.25) is 0 Å². The van der Waals surface area contributed by atoms with Crippen molar-refractivity contribution in [1.82, 2.24) is 14.2 Å². The maximum Gasteiger partial charge on any atom is 0.397 e. The molecule has 5 rings (SSSR count). The third kappa shape index (κ3) is 26.0. The Kier molecular flexibility index (Phi) is 27.8. The minimum atomic E-state index is -6.53. The Morgan fingerprint density at radius 1 is 0.306 bits per heavy atom. The van der Waals surface area contributed by atoms with Crippen molar-refractivity contribution < 1.29 is 247 Å². The van der Waals surface area contributed by atoms with Gasteiger partial charge in [-0.15, -0.1) is 0 Å². The standard InChI is InChI=1S/C30H51N3O55S10/c34-10-4(1-73-92(52,53)54)77-27(7(11(10)35)31-89(43,44)45)82-21-19(87-97(67,68)69)13(37)29(83-23(21)25(40)41)79-15-6(3-75-94(58,59)60)78-28(9(33-91(49,50)51)17(15)86-96(64,65)66)81-18-12(36)20(88-98(70,71)72)30(84-22(18)24(38)39)80-14-5(2-74-93(55,56)57)76-26(42)8(32-90(46,47)48)16(14)85-95(61,62)63/h4-23,26-37,42H,1-3H2,(H,38,39)(H,40,41)(H,43,44,45)(H,46,47,48)(H,49,50,51)(H,52,53,54)(H,55,56,57)(H,58,59,60)(H,61,62,63)(H,64,65,66)(H,67,68,69)(H,70,71,72)/t4-,5-,6-,7-,8-,9-,10-,11-,12+,13-,14-,15-,16-,17-,18+,19-,20-,21+,22-,23+,26?,27-,28-,29-,30-/m1/s1. The van der Waals surface area contributed by atoms with Crippen molar-refractivity contribution in [2.24, 2.45) is 0 Å². The second-order valence-electron chi connectivity index (χ2n) is 19.5. The topological polar surface area (TPSA) is 903 Å². The smallest absolute Gasteiger partial charge is 0.397 e. The van der Waals surface area contributed by atoms with Crippen LogP contribution in [0.5, 0.6) is 0 Å². The molecule has 0 radical (unpaired) electrons. The molecule has 25 atom stereocenters. The number of rotatable bonds is 33. The summed E-state index contributed by atoms with van der Waals surface area (Å²) < 4.78 is 418. The van der Waals surface area contributed by atoms with Crippen molar-refractivity contribution in [3.63, 3.8) is 0 Å². The van der Waals surface area contributed by atoms with Crippen LogP contribution in [0.4, 0.5) is 0 Å². The van der Waals surface area contributed by atoms with E-state index in [1.807, 2.05) is 0 Å². The normalized spacial score (nSPS) is 37.1. The fourth-order valence-corrected chi connectivity index (χ4v) is 14.0. The van der Waals surface area contributed by atoms with Crippen molar-refractivity contribution >= 4 is 116 Å². The van der Waals surface area contributed by atoms with E-state index < -0.39 is 289 Å². The zero-order valence-corrected chi connectivity index (χ0v) is 54.4. The molecular formula is C30H51N3O55S10. The van der Waals surface area contributed by atoms with Crippen LogP contribution >= 0.6 is 0 Å². The van der Waals surface area contributed by atoms with Crippen LogP contribution in [-0.4, -0.2) is 351 Å². The van der Waals surface area contributed by atoms with Crippen LogP contribution < -0.4 is 14.2 Å². The predicted octanol–water partition coefficient (Wildman–Crippen LogP) is -14.8. The molecule has 576 valence electrons. The molecule has 5 aliphatic heterocycles. The Bertz CT molecular complexity index is 4030. The van der Waals surface area contributed by atoms with Crippen LogP contribution in [-0.2, 0) is 185 Å². The van der Waals surface area contributed by atoms with E-state index in [0.29, 0.717) is 0 Å². The molecule has 0 bridgehead atoms. The molecule has 5 fully saturated rings. The van der Waals surface area contributed by atoms with Crippen LogP contribution in [0, 0.1) is 0 Å². The highest BCUT2D eigenvalue weighted by Gasteiger charge is 2.62. The van der Waals surface area contributed by atoms with E-state index in [2.05, 4.69) is 29.3 Å². The van der Waals surface area contributed by atoms with Gasteiger partial charge in [0.15, 0.2) is 49.8 Å². The van der Waals surface area contributed by atoms with E-state index in [4.69, 9.17) is 47.2 Å². The Morgan fingerprint density at radius 2 is 0.633 bits per heavy atom. The molecule has 1 unspecified atom stereocenters. The summed E-state index contributed by atoms with van der Waals surface area (Å²) in [6.07, 6.45) is -70.3. The molecule has 58 nitrogen and oxygen atoms in total. The van der Waals surface area contributed by atoms with E-state index in [9.17, 15) is 170 Å². The Morgan fingerprint density at radius 3 is 1.06 bits per heavy atom. The lowest BCUT2D eigenvalue weighted by atomic mass is 9.94. The summed E-state index contributed by atoms with van der Waals surface area (Å²) in [5, 5.41) is 76.4. The summed E-state index contributed by atoms with van der Waals surface area (Å²) >= 11 is 0. The monoisotopic (exact) mass is 1650 g/mol. The van der Waals surface area contributed by atoms with Crippen molar-refractivity contribution in [3.8, 4) is 0 Å². The summed E-state index contributed by atoms with van der Waals surface area (Å²) in [6.45, 7) is -5.68. The van der Waals surface area contributed by atoms with Gasteiger partial charge in [0.1, 0.15) is 104 Å². The van der Waals surface area contributed by atoms with Gasteiger partial charge in [0, 0.05) is 0 Å². The van der Waals surface area contributed by atoms with Crippen molar-refractivity contribution in [1.29, 1.82) is 0 Å². The van der Waals surface area contributed by atoms with Crippen LogP contribution in [0.15, 0.2) is 0 Å². The molecule has 5 heterocycles. The molecule has 5 saturated heterocycles. The average Bonchev–Trinajstić information content (AvgIpc) is 0.760. The number of aliphatic hydroxyl groups is 5. The van der Waals surface area contributed by atoms with Gasteiger partial charge in [-0.1, -0.05) is 0 Å². The summed E-state index contributed by atoms with van der Waals surface area (Å²) in [7, 11) is -60.6. The molecule has 0 aliphatic carbocycles. The number of aliphatic hydroxyl groups excluding tert-OH is 5.